The molecule has 3 aliphatic heterocycles. The lowest BCUT2D eigenvalue weighted by Gasteiger charge is -2.07. The largest absolute Gasteiger partial charge is 0.463 e. The van der Waals surface area contributed by atoms with Gasteiger partial charge in [-0.1, -0.05) is 51.8 Å². The monoisotopic (exact) mass is 670 g/mol. The van der Waals surface area contributed by atoms with Crippen LogP contribution in [0.2, 0.25) is 5.02 Å². The SMILES string of the molecule is NC1=N[C@@H](c2cc(F)c(F)cc2F)CO1.NC1=N[C@@H](c2ccc(Br)cc2)CO1.NC1=N[C@@H](c2cccc(Cl)c2F)CO1. The quantitative estimate of drug-likeness (QED) is 0.259. The number of rotatable bonds is 3. The van der Waals surface area contributed by atoms with Gasteiger partial charge in [-0.05, 0) is 29.8 Å². The van der Waals surface area contributed by atoms with Crippen molar-refractivity contribution < 1.29 is 31.8 Å². The molecule has 42 heavy (non-hydrogen) atoms. The number of nitrogens with two attached hydrogens (primary N) is 3. The summed E-state index contributed by atoms with van der Waals surface area (Å²) in [7, 11) is 0. The normalized spacial score (nSPS) is 20.4. The van der Waals surface area contributed by atoms with Gasteiger partial charge in [0.1, 0.15) is 49.6 Å². The van der Waals surface area contributed by atoms with E-state index in [1.165, 1.54) is 6.07 Å². The van der Waals surface area contributed by atoms with Crippen LogP contribution >= 0.6 is 27.5 Å². The zero-order valence-electron chi connectivity index (χ0n) is 21.6. The molecular formula is C27H24BrClF4N6O3. The summed E-state index contributed by atoms with van der Waals surface area (Å²) >= 11 is 9.01. The summed E-state index contributed by atoms with van der Waals surface area (Å²) in [5, 5.41) is 0.0863. The Morgan fingerprint density at radius 3 is 1.69 bits per heavy atom. The van der Waals surface area contributed by atoms with E-state index in [4.69, 9.17) is 43.0 Å². The first-order valence-electron chi connectivity index (χ1n) is 12.2. The van der Waals surface area contributed by atoms with Crippen molar-refractivity contribution >= 4 is 45.6 Å². The van der Waals surface area contributed by atoms with Gasteiger partial charge in [-0.25, -0.2) is 32.5 Å². The molecule has 0 radical (unpaired) electrons. The van der Waals surface area contributed by atoms with Crippen LogP contribution in [0.4, 0.5) is 17.6 Å². The van der Waals surface area contributed by atoms with Crippen LogP contribution in [-0.4, -0.2) is 37.9 Å². The fourth-order valence-corrected chi connectivity index (χ4v) is 4.37. The van der Waals surface area contributed by atoms with Crippen molar-refractivity contribution in [2.45, 2.75) is 18.1 Å². The van der Waals surface area contributed by atoms with Gasteiger partial charge in [-0.2, -0.15) is 0 Å². The van der Waals surface area contributed by atoms with Gasteiger partial charge >= 0.3 is 0 Å². The molecule has 3 aromatic rings. The smallest absolute Gasteiger partial charge is 0.282 e. The van der Waals surface area contributed by atoms with E-state index in [-0.39, 0.29) is 53.9 Å². The predicted octanol–water partition coefficient (Wildman–Crippen LogP) is 5.19. The van der Waals surface area contributed by atoms with Crippen molar-refractivity contribution in [3.05, 3.63) is 104 Å². The second-order valence-corrected chi connectivity index (χ2v) is 10.2. The maximum absolute atomic E-state index is 13.5. The summed E-state index contributed by atoms with van der Waals surface area (Å²) in [6.07, 6.45) is 0. The first kappa shape index (κ1) is 30.9. The molecule has 9 nitrogen and oxygen atoms in total. The Balaban J connectivity index is 0.000000145. The molecule has 222 valence electrons. The van der Waals surface area contributed by atoms with E-state index in [2.05, 4.69) is 30.9 Å². The molecule has 0 saturated heterocycles. The molecule has 0 fully saturated rings. The van der Waals surface area contributed by atoms with Gasteiger partial charge in [-0.3, -0.25) is 0 Å². The van der Waals surface area contributed by atoms with E-state index < -0.39 is 29.3 Å². The predicted molar refractivity (Wildman–Crippen MR) is 153 cm³/mol. The van der Waals surface area contributed by atoms with Gasteiger partial charge in [0.25, 0.3) is 18.1 Å². The minimum atomic E-state index is -1.23. The third kappa shape index (κ3) is 7.82. The number of amidine groups is 3. The van der Waals surface area contributed by atoms with Crippen LogP contribution in [0.3, 0.4) is 0 Å². The fourth-order valence-electron chi connectivity index (χ4n) is 3.92. The molecule has 0 bridgehead atoms. The zero-order chi connectivity index (χ0) is 30.4. The summed E-state index contributed by atoms with van der Waals surface area (Å²) in [6.45, 7) is 0.852. The molecule has 0 aromatic heterocycles. The fraction of sp³-hybridized carbons (Fsp3) is 0.222. The number of halogens is 6. The number of hydrogen-bond donors (Lipinski definition) is 3. The molecule has 3 atom stereocenters. The second-order valence-electron chi connectivity index (χ2n) is 8.86. The molecule has 0 amide bonds. The molecule has 3 aromatic carbocycles. The van der Waals surface area contributed by atoms with Crippen LogP contribution in [0.1, 0.15) is 34.8 Å². The van der Waals surface area contributed by atoms with Crippen LogP contribution in [0.5, 0.6) is 0 Å². The van der Waals surface area contributed by atoms with Gasteiger partial charge in [0.2, 0.25) is 0 Å². The Hall–Kier alpha value is -4.04. The van der Waals surface area contributed by atoms with Crippen LogP contribution in [0.15, 0.2) is 74.0 Å². The topological polar surface area (TPSA) is 143 Å². The average molecular weight is 672 g/mol. The molecule has 15 heteroatoms. The van der Waals surface area contributed by atoms with Gasteiger partial charge in [0, 0.05) is 21.7 Å². The van der Waals surface area contributed by atoms with Crippen molar-refractivity contribution in [1.29, 1.82) is 0 Å². The van der Waals surface area contributed by atoms with Crippen molar-refractivity contribution in [2.75, 3.05) is 19.8 Å². The molecule has 0 saturated carbocycles. The molecule has 3 aliphatic rings. The van der Waals surface area contributed by atoms with Crippen LogP contribution in [-0.2, 0) is 14.2 Å². The van der Waals surface area contributed by atoms with E-state index in [0.29, 0.717) is 18.2 Å². The van der Waals surface area contributed by atoms with Crippen LogP contribution < -0.4 is 17.2 Å². The number of ether oxygens (including phenoxy) is 3. The molecule has 0 aliphatic carbocycles. The van der Waals surface area contributed by atoms with Crippen LogP contribution in [0, 0.1) is 23.3 Å². The number of nitrogens with zero attached hydrogens (tertiary/aromatic N) is 3. The lowest BCUT2D eigenvalue weighted by molar-refractivity contribution is 0.312. The minimum Gasteiger partial charge on any atom is -0.463 e. The molecule has 3 heterocycles. The zero-order valence-corrected chi connectivity index (χ0v) is 24.0. The van der Waals surface area contributed by atoms with E-state index >= 15 is 0 Å². The standard InChI is InChI=1S/C9H9BrN2O.C9H8ClFN2O.C9H7F3N2O/c10-7-3-1-6(2-4-7)8-5-13-9(11)12-8;10-6-3-1-2-5(8(6)11)7-4-14-9(12)13-7;10-5-2-7(12)6(11)1-4(5)8-3-15-9(13)14-8/h1-4,8H,5H2,(H2,11,12);1-3,7H,4H2,(H2,12,13);1-2,8H,3H2,(H2,13,14)/t8-;7-;8-/m111/s1. The Morgan fingerprint density at radius 2 is 1.17 bits per heavy atom. The van der Waals surface area contributed by atoms with Gasteiger partial charge in [0.05, 0.1) is 5.02 Å². The highest BCUT2D eigenvalue weighted by Gasteiger charge is 2.24. The third-order valence-electron chi connectivity index (χ3n) is 6.01. The summed E-state index contributed by atoms with van der Waals surface area (Å²) in [4.78, 5) is 11.8. The molecule has 6 rings (SSSR count). The highest BCUT2D eigenvalue weighted by atomic mass is 79.9. The third-order valence-corrected chi connectivity index (χ3v) is 6.83. The summed E-state index contributed by atoms with van der Waals surface area (Å²) < 4.78 is 68.0. The number of hydrogen-bond acceptors (Lipinski definition) is 9. The number of aliphatic imine (C=N–C) groups is 3. The van der Waals surface area contributed by atoms with E-state index in [0.717, 1.165) is 16.1 Å². The first-order chi connectivity index (χ1) is 20.0. The second kappa shape index (κ2) is 13.7. The summed E-state index contributed by atoms with van der Waals surface area (Å²) in [5.74, 6) is -3.67. The van der Waals surface area contributed by atoms with Crippen molar-refractivity contribution in [3.8, 4) is 0 Å². The molecule has 6 N–H and O–H groups in total. The van der Waals surface area contributed by atoms with Crippen molar-refractivity contribution in [3.63, 3.8) is 0 Å². The average Bonchev–Trinajstić information content (AvgIpc) is 3.70. The lowest BCUT2D eigenvalue weighted by atomic mass is 10.1. The Morgan fingerprint density at radius 1 is 0.667 bits per heavy atom. The van der Waals surface area contributed by atoms with Crippen molar-refractivity contribution in [1.82, 2.24) is 0 Å². The molecular weight excluding hydrogens is 648 g/mol. The molecule has 0 unspecified atom stereocenters. The van der Waals surface area contributed by atoms with Gasteiger partial charge < -0.3 is 31.4 Å². The first-order valence-corrected chi connectivity index (χ1v) is 13.4. The maximum atomic E-state index is 13.5. The summed E-state index contributed by atoms with van der Waals surface area (Å²) in [5.41, 5.74) is 17.4. The lowest BCUT2D eigenvalue weighted by Crippen LogP contribution is -2.10. The van der Waals surface area contributed by atoms with Crippen molar-refractivity contribution in [2.24, 2.45) is 32.2 Å². The van der Waals surface area contributed by atoms with Crippen LogP contribution in [0.25, 0.3) is 0 Å². The Kier molecular flexibility index (Phi) is 10.1. The Labute approximate surface area is 251 Å². The van der Waals surface area contributed by atoms with Gasteiger partial charge in [-0.15, -0.1) is 0 Å². The van der Waals surface area contributed by atoms with E-state index in [1.807, 2.05) is 24.3 Å². The summed E-state index contributed by atoms with van der Waals surface area (Å²) in [6, 6.07) is 13.3. The molecule has 0 spiro atoms. The van der Waals surface area contributed by atoms with E-state index in [1.54, 1.807) is 12.1 Å². The van der Waals surface area contributed by atoms with E-state index in [9.17, 15) is 17.6 Å². The Bertz CT molecular complexity index is 1530. The highest BCUT2D eigenvalue weighted by molar-refractivity contribution is 9.10. The van der Waals surface area contributed by atoms with Gasteiger partial charge in [0.15, 0.2) is 11.6 Å². The highest BCUT2D eigenvalue weighted by Crippen LogP contribution is 2.29. The minimum absolute atomic E-state index is 0.0355. The number of benzene rings is 3. The maximum Gasteiger partial charge on any atom is 0.282 e.